The summed E-state index contributed by atoms with van der Waals surface area (Å²) in [5, 5.41) is 19.2. The molecule has 0 saturated carbocycles. The molecule has 0 unspecified atom stereocenters. The maximum atomic E-state index is 9.68. The van der Waals surface area contributed by atoms with Gasteiger partial charge in [-0.25, -0.2) is 0 Å². The van der Waals surface area contributed by atoms with E-state index in [1.165, 1.54) is 0 Å². The van der Waals surface area contributed by atoms with Crippen LogP contribution in [0.2, 0.25) is 0 Å². The maximum Gasteiger partial charge on any atom is 0.122 e. The topological polar surface area (TPSA) is 40.5 Å². The van der Waals surface area contributed by atoms with Crippen molar-refractivity contribution >= 4 is 0 Å². The third kappa shape index (κ3) is 1.66. The van der Waals surface area contributed by atoms with E-state index >= 15 is 0 Å². The molecule has 0 saturated heterocycles. The Morgan fingerprint density at radius 3 is 2.54 bits per heavy atom. The fourth-order valence-electron chi connectivity index (χ4n) is 1.35. The van der Waals surface area contributed by atoms with Gasteiger partial charge in [-0.2, -0.15) is 0 Å². The molecule has 2 nitrogen and oxygen atoms in total. The predicted octanol–water partition coefficient (Wildman–Crippen LogP) is 2.44. The van der Waals surface area contributed by atoms with Crippen LogP contribution in [-0.2, 0) is 6.42 Å². The third-order valence-electron chi connectivity index (χ3n) is 2.20. The van der Waals surface area contributed by atoms with Crippen molar-refractivity contribution in [1.82, 2.24) is 0 Å². The molecule has 0 spiro atoms. The molecule has 0 bridgehead atoms. The molecule has 0 aliphatic rings. The van der Waals surface area contributed by atoms with Crippen LogP contribution in [0.3, 0.4) is 0 Å². The van der Waals surface area contributed by atoms with E-state index in [-0.39, 0.29) is 11.5 Å². The third-order valence-corrected chi connectivity index (χ3v) is 2.20. The minimum atomic E-state index is 0.229. The summed E-state index contributed by atoms with van der Waals surface area (Å²) in [5.41, 5.74) is 2.18. The van der Waals surface area contributed by atoms with Crippen molar-refractivity contribution in [1.29, 1.82) is 0 Å². The van der Waals surface area contributed by atoms with Gasteiger partial charge in [-0.15, -0.1) is 6.58 Å². The average molecular weight is 178 g/mol. The van der Waals surface area contributed by atoms with E-state index in [1.54, 1.807) is 26.0 Å². The second kappa shape index (κ2) is 3.52. The molecule has 0 aliphatic carbocycles. The van der Waals surface area contributed by atoms with Crippen LogP contribution < -0.4 is 0 Å². The Bertz CT molecular complexity index is 314. The van der Waals surface area contributed by atoms with Crippen LogP contribution in [0.4, 0.5) is 0 Å². The molecular formula is C11H14O2. The highest BCUT2D eigenvalue weighted by Gasteiger charge is 2.10. The van der Waals surface area contributed by atoms with Gasteiger partial charge in [0.15, 0.2) is 0 Å². The van der Waals surface area contributed by atoms with Gasteiger partial charge in [0.2, 0.25) is 0 Å². The minimum Gasteiger partial charge on any atom is -0.508 e. The minimum absolute atomic E-state index is 0.229. The van der Waals surface area contributed by atoms with E-state index in [2.05, 4.69) is 6.58 Å². The van der Waals surface area contributed by atoms with E-state index in [0.29, 0.717) is 12.0 Å². The largest absolute Gasteiger partial charge is 0.508 e. The van der Waals surface area contributed by atoms with Crippen molar-refractivity contribution in [2.75, 3.05) is 0 Å². The fraction of sp³-hybridized carbons (Fsp3) is 0.273. The highest BCUT2D eigenvalue weighted by Crippen LogP contribution is 2.32. The van der Waals surface area contributed by atoms with Gasteiger partial charge in [0.25, 0.3) is 0 Å². The highest BCUT2D eigenvalue weighted by molar-refractivity contribution is 5.52. The number of hydrogen-bond donors (Lipinski definition) is 2. The summed E-state index contributed by atoms with van der Waals surface area (Å²) in [7, 11) is 0. The smallest absolute Gasteiger partial charge is 0.122 e. The van der Waals surface area contributed by atoms with Gasteiger partial charge in [0.1, 0.15) is 11.5 Å². The monoisotopic (exact) mass is 178 g/mol. The second-order valence-corrected chi connectivity index (χ2v) is 3.16. The van der Waals surface area contributed by atoms with Crippen LogP contribution in [-0.4, -0.2) is 10.2 Å². The first kappa shape index (κ1) is 9.65. The normalized spacial score (nSPS) is 10.0. The number of allylic oxidation sites excluding steroid dienone is 1. The second-order valence-electron chi connectivity index (χ2n) is 3.16. The van der Waals surface area contributed by atoms with Gasteiger partial charge in [0.05, 0.1) is 0 Å². The number of benzene rings is 1. The number of aromatic hydroxyl groups is 2. The van der Waals surface area contributed by atoms with Crippen molar-refractivity contribution in [3.8, 4) is 11.5 Å². The molecule has 1 aromatic carbocycles. The van der Waals surface area contributed by atoms with Gasteiger partial charge >= 0.3 is 0 Å². The van der Waals surface area contributed by atoms with Gasteiger partial charge in [-0.05, 0) is 37.5 Å². The summed E-state index contributed by atoms with van der Waals surface area (Å²) < 4.78 is 0. The van der Waals surface area contributed by atoms with Crippen molar-refractivity contribution in [3.05, 3.63) is 35.4 Å². The molecule has 13 heavy (non-hydrogen) atoms. The molecule has 0 heterocycles. The quantitative estimate of drug-likeness (QED) is 0.539. The van der Waals surface area contributed by atoms with E-state index in [4.69, 9.17) is 0 Å². The Balaban J connectivity index is 3.36. The van der Waals surface area contributed by atoms with Crippen molar-refractivity contribution < 1.29 is 10.2 Å². The average Bonchev–Trinajstić information content (AvgIpc) is 2.09. The van der Waals surface area contributed by atoms with Crippen molar-refractivity contribution in [2.45, 2.75) is 20.3 Å². The Morgan fingerprint density at radius 1 is 1.38 bits per heavy atom. The van der Waals surface area contributed by atoms with Gasteiger partial charge in [-0.1, -0.05) is 6.08 Å². The van der Waals surface area contributed by atoms with Crippen LogP contribution in [0.15, 0.2) is 18.7 Å². The standard InChI is InChI=1S/C11H14O2/c1-4-5-9-8(3)10(12)6-7(2)11(9)13/h4,6,12-13H,1,5H2,2-3H3. The number of rotatable bonds is 2. The lowest BCUT2D eigenvalue weighted by molar-refractivity contribution is 0.448. The SMILES string of the molecule is C=CCc1c(C)c(O)cc(C)c1O. The van der Waals surface area contributed by atoms with E-state index < -0.39 is 0 Å². The molecule has 0 aromatic heterocycles. The summed E-state index contributed by atoms with van der Waals surface area (Å²) in [6.45, 7) is 7.15. The summed E-state index contributed by atoms with van der Waals surface area (Å²) in [6, 6.07) is 1.57. The van der Waals surface area contributed by atoms with Crippen LogP contribution in [0, 0.1) is 13.8 Å². The molecular weight excluding hydrogens is 164 g/mol. The van der Waals surface area contributed by atoms with Crippen LogP contribution in [0.25, 0.3) is 0 Å². The highest BCUT2D eigenvalue weighted by atomic mass is 16.3. The Kier molecular flexibility index (Phi) is 2.61. The van der Waals surface area contributed by atoms with Crippen LogP contribution >= 0.6 is 0 Å². The van der Waals surface area contributed by atoms with Crippen molar-refractivity contribution in [3.63, 3.8) is 0 Å². The zero-order valence-electron chi connectivity index (χ0n) is 7.96. The van der Waals surface area contributed by atoms with Gasteiger partial charge < -0.3 is 10.2 Å². The predicted molar refractivity (Wildman–Crippen MR) is 53.1 cm³/mol. The lowest BCUT2D eigenvalue weighted by Gasteiger charge is -2.10. The Labute approximate surface area is 78.2 Å². The number of phenolic OH excluding ortho intramolecular Hbond substituents is 2. The molecule has 0 amide bonds. The zero-order chi connectivity index (χ0) is 10.0. The summed E-state index contributed by atoms with van der Waals surface area (Å²) in [6.07, 6.45) is 2.29. The first-order valence-corrected chi connectivity index (χ1v) is 4.19. The lowest BCUT2D eigenvalue weighted by Crippen LogP contribution is -1.91. The summed E-state index contributed by atoms with van der Waals surface area (Å²) in [4.78, 5) is 0. The molecule has 2 heteroatoms. The molecule has 2 N–H and O–H groups in total. The number of aryl methyl sites for hydroxylation is 1. The van der Waals surface area contributed by atoms with E-state index in [9.17, 15) is 10.2 Å². The van der Waals surface area contributed by atoms with Crippen LogP contribution in [0.5, 0.6) is 11.5 Å². The Morgan fingerprint density at radius 2 is 2.00 bits per heavy atom. The summed E-state index contributed by atoms with van der Waals surface area (Å²) in [5.74, 6) is 0.488. The van der Waals surface area contributed by atoms with Gasteiger partial charge in [-0.3, -0.25) is 0 Å². The molecule has 0 radical (unpaired) electrons. The van der Waals surface area contributed by atoms with Crippen LogP contribution in [0.1, 0.15) is 16.7 Å². The molecule has 1 rings (SSSR count). The summed E-state index contributed by atoms with van der Waals surface area (Å²) >= 11 is 0. The molecule has 0 fully saturated rings. The zero-order valence-corrected chi connectivity index (χ0v) is 7.96. The first-order valence-electron chi connectivity index (χ1n) is 4.19. The molecule has 0 atom stereocenters. The van der Waals surface area contributed by atoms with Gasteiger partial charge in [0, 0.05) is 5.56 Å². The molecule has 1 aromatic rings. The first-order chi connectivity index (χ1) is 6.07. The van der Waals surface area contributed by atoms with E-state index in [1.807, 2.05) is 0 Å². The fourth-order valence-corrected chi connectivity index (χ4v) is 1.35. The maximum absolute atomic E-state index is 9.68. The number of hydrogen-bond acceptors (Lipinski definition) is 2. The lowest BCUT2D eigenvalue weighted by atomic mass is 10.00. The molecule has 0 aliphatic heterocycles. The van der Waals surface area contributed by atoms with Crippen molar-refractivity contribution in [2.24, 2.45) is 0 Å². The number of phenols is 2. The Hall–Kier alpha value is -1.44. The van der Waals surface area contributed by atoms with E-state index in [0.717, 1.165) is 11.1 Å². The molecule has 70 valence electrons.